The SMILES string of the molecule is CCC(=O)N1CCc2cc(N3C[C@H](C(=O)Nc4cccc(F)c4C)CC3=O)ccc21. The smallest absolute Gasteiger partial charge is 0.229 e. The van der Waals surface area contributed by atoms with E-state index >= 15 is 0 Å². The first kappa shape index (κ1) is 20.1. The number of halogens is 1. The number of carbonyl (C=O) groups excluding carboxylic acids is 3. The summed E-state index contributed by atoms with van der Waals surface area (Å²) in [6.45, 7) is 4.37. The van der Waals surface area contributed by atoms with Gasteiger partial charge in [0.15, 0.2) is 0 Å². The lowest BCUT2D eigenvalue weighted by Crippen LogP contribution is -2.28. The molecule has 0 aliphatic carbocycles. The molecule has 30 heavy (non-hydrogen) atoms. The van der Waals surface area contributed by atoms with Crippen LogP contribution in [0, 0.1) is 18.7 Å². The minimum Gasteiger partial charge on any atom is -0.325 e. The molecule has 1 atom stereocenters. The number of rotatable bonds is 4. The van der Waals surface area contributed by atoms with Gasteiger partial charge in [-0.2, -0.15) is 0 Å². The van der Waals surface area contributed by atoms with Gasteiger partial charge in [-0.3, -0.25) is 14.4 Å². The third kappa shape index (κ3) is 3.56. The standard InChI is InChI=1S/C23H24FN3O3/c1-3-21(28)26-10-9-15-11-17(7-8-20(15)26)27-13-16(12-22(27)29)23(30)25-19-6-4-5-18(24)14(19)2/h4-8,11,16H,3,9-10,12-13H2,1-2H3,(H,25,30)/t16-/m1/s1. The quantitative estimate of drug-likeness (QED) is 0.841. The Hall–Kier alpha value is -3.22. The van der Waals surface area contributed by atoms with Crippen molar-refractivity contribution < 1.29 is 18.8 Å². The van der Waals surface area contributed by atoms with Crippen molar-refractivity contribution in [3.8, 4) is 0 Å². The summed E-state index contributed by atoms with van der Waals surface area (Å²) in [5.74, 6) is -1.22. The molecule has 1 saturated heterocycles. The van der Waals surface area contributed by atoms with E-state index in [-0.39, 0.29) is 36.5 Å². The van der Waals surface area contributed by atoms with E-state index in [1.807, 2.05) is 25.1 Å². The molecule has 7 heteroatoms. The maximum absolute atomic E-state index is 13.7. The highest BCUT2D eigenvalue weighted by Gasteiger charge is 2.36. The average Bonchev–Trinajstić information content (AvgIpc) is 3.34. The van der Waals surface area contributed by atoms with Crippen molar-refractivity contribution in [3.05, 3.63) is 53.3 Å². The third-order valence-corrected chi connectivity index (χ3v) is 5.90. The zero-order valence-electron chi connectivity index (χ0n) is 17.1. The van der Waals surface area contributed by atoms with Gasteiger partial charge < -0.3 is 15.1 Å². The largest absolute Gasteiger partial charge is 0.325 e. The fourth-order valence-electron chi connectivity index (χ4n) is 4.12. The number of hydrogen-bond acceptors (Lipinski definition) is 3. The summed E-state index contributed by atoms with van der Waals surface area (Å²) in [6.07, 6.45) is 1.31. The van der Waals surface area contributed by atoms with Crippen molar-refractivity contribution in [3.63, 3.8) is 0 Å². The van der Waals surface area contributed by atoms with Gasteiger partial charge in [-0.15, -0.1) is 0 Å². The van der Waals surface area contributed by atoms with Crippen LogP contribution in [0.1, 0.15) is 30.9 Å². The van der Waals surface area contributed by atoms with Gasteiger partial charge in [-0.1, -0.05) is 13.0 Å². The van der Waals surface area contributed by atoms with Crippen LogP contribution in [0.2, 0.25) is 0 Å². The molecule has 1 N–H and O–H groups in total. The molecule has 0 saturated carbocycles. The second-order valence-corrected chi connectivity index (χ2v) is 7.77. The Morgan fingerprint density at radius 3 is 2.80 bits per heavy atom. The topological polar surface area (TPSA) is 69.7 Å². The van der Waals surface area contributed by atoms with Crippen LogP contribution >= 0.6 is 0 Å². The molecular weight excluding hydrogens is 385 g/mol. The van der Waals surface area contributed by atoms with E-state index in [2.05, 4.69) is 5.32 Å². The highest BCUT2D eigenvalue weighted by Crippen LogP contribution is 2.34. The normalized spacial score (nSPS) is 18.0. The second-order valence-electron chi connectivity index (χ2n) is 7.77. The Morgan fingerprint density at radius 1 is 1.23 bits per heavy atom. The number of hydrogen-bond donors (Lipinski definition) is 1. The summed E-state index contributed by atoms with van der Waals surface area (Å²) in [4.78, 5) is 40.8. The minimum atomic E-state index is -0.508. The highest BCUT2D eigenvalue weighted by molar-refractivity contribution is 6.04. The van der Waals surface area contributed by atoms with Crippen molar-refractivity contribution in [2.45, 2.75) is 33.1 Å². The molecule has 0 aromatic heterocycles. The number of benzene rings is 2. The predicted molar refractivity (Wildman–Crippen MR) is 113 cm³/mol. The minimum absolute atomic E-state index is 0.0862. The number of amides is 3. The summed E-state index contributed by atoms with van der Waals surface area (Å²) in [5.41, 5.74) is 3.46. The first-order valence-electron chi connectivity index (χ1n) is 10.2. The lowest BCUT2D eigenvalue weighted by molar-refractivity contribution is -0.122. The van der Waals surface area contributed by atoms with Gasteiger partial charge in [0.1, 0.15) is 5.82 Å². The van der Waals surface area contributed by atoms with Gasteiger partial charge in [0.2, 0.25) is 17.7 Å². The Balaban J connectivity index is 1.48. The van der Waals surface area contributed by atoms with Crippen molar-refractivity contribution in [2.24, 2.45) is 5.92 Å². The van der Waals surface area contributed by atoms with Crippen LogP contribution in [0.15, 0.2) is 36.4 Å². The fourth-order valence-corrected chi connectivity index (χ4v) is 4.12. The van der Waals surface area contributed by atoms with E-state index in [0.29, 0.717) is 24.2 Å². The number of fused-ring (bicyclic) bond motifs is 1. The van der Waals surface area contributed by atoms with Gasteiger partial charge in [-0.05, 0) is 49.2 Å². The van der Waals surface area contributed by atoms with Crippen molar-refractivity contribution in [1.29, 1.82) is 0 Å². The molecule has 2 aromatic rings. The zero-order chi connectivity index (χ0) is 21.4. The van der Waals surface area contributed by atoms with Crippen molar-refractivity contribution in [2.75, 3.05) is 28.2 Å². The fraction of sp³-hybridized carbons (Fsp3) is 0.348. The first-order chi connectivity index (χ1) is 14.4. The molecule has 6 nitrogen and oxygen atoms in total. The summed E-state index contributed by atoms with van der Waals surface area (Å²) in [6, 6.07) is 10.2. The molecule has 2 aromatic carbocycles. The van der Waals surface area contributed by atoms with Crippen LogP contribution < -0.4 is 15.1 Å². The Bertz CT molecular complexity index is 1040. The Labute approximate surface area is 174 Å². The summed E-state index contributed by atoms with van der Waals surface area (Å²) in [5, 5.41) is 2.75. The Morgan fingerprint density at radius 2 is 2.03 bits per heavy atom. The predicted octanol–water partition coefficient (Wildman–Crippen LogP) is 3.42. The van der Waals surface area contributed by atoms with Gasteiger partial charge in [0, 0.05) is 48.6 Å². The van der Waals surface area contributed by atoms with Gasteiger partial charge >= 0.3 is 0 Å². The molecule has 2 heterocycles. The van der Waals surface area contributed by atoms with Crippen molar-refractivity contribution in [1.82, 2.24) is 0 Å². The van der Waals surface area contributed by atoms with E-state index < -0.39 is 5.92 Å². The molecule has 2 aliphatic rings. The monoisotopic (exact) mass is 409 g/mol. The molecule has 0 spiro atoms. The molecular formula is C23H24FN3O3. The van der Waals surface area contributed by atoms with Gasteiger partial charge in [0.25, 0.3) is 0 Å². The Kier molecular flexibility index (Phi) is 5.28. The number of carbonyl (C=O) groups is 3. The summed E-state index contributed by atoms with van der Waals surface area (Å²) >= 11 is 0. The lowest BCUT2D eigenvalue weighted by Gasteiger charge is -2.20. The van der Waals surface area contributed by atoms with Gasteiger partial charge in [-0.25, -0.2) is 4.39 Å². The van der Waals surface area contributed by atoms with E-state index in [1.54, 1.807) is 28.9 Å². The third-order valence-electron chi connectivity index (χ3n) is 5.90. The molecule has 4 rings (SSSR count). The van der Waals surface area contributed by atoms with E-state index in [4.69, 9.17) is 0 Å². The summed E-state index contributed by atoms with van der Waals surface area (Å²) < 4.78 is 13.7. The molecule has 0 unspecified atom stereocenters. The van der Waals surface area contributed by atoms with Crippen LogP contribution in [0.3, 0.4) is 0 Å². The molecule has 0 bridgehead atoms. The molecule has 0 radical (unpaired) electrons. The van der Waals surface area contributed by atoms with Crippen LogP contribution in [-0.4, -0.2) is 30.8 Å². The second kappa shape index (κ2) is 7.89. The molecule has 156 valence electrons. The maximum atomic E-state index is 13.7. The van der Waals surface area contributed by atoms with E-state index in [0.717, 1.165) is 23.4 Å². The lowest BCUT2D eigenvalue weighted by atomic mass is 10.1. The highest BCUT2D eigenvalue weighted by atomic mass is 19.1. The number of nitrogens with one attached hydrogen (secondary N) is 1. The molecule has 3 amide bonds. The van der Waals surface area contributed by atoms with Crippen molar-refractivity contribution >= 4 is 34.8 Å². The summed E-state index contributed by atoms with van der Waals surface area (Å²) in [7, 11) is 0. The van der Waals surface area contributed by atoms with E-state index in [1.165, 1.54) is 6.07 Å². The van der Waals surface area contributed by atoms with Crippen LogP contribution in [0.4, 0.5) is 21.5 Å². The zero-order valence-corrected chi connectivity index (χ0v) is 17.1. The molecule has 2 aliphatic heterocycles. The first-order valence-corrected chi connectivity index (χ1v) is 10.2. The average molecular weight is 409 g/mol. The van der Waals surface area contributed by atoms with Gasteiger partial charge in [0.05, 0.1) is 5.92 Å². The van der Waals surface area contributed by atoms with Crippen LogP contribution in [0.25, 0.3) is 0 Å². The maximum Gasteiger partial charge on any atom is 0.229 e. The van der Waals surface area contributed by atoms with E-state index in [9.17, 15) is 18.8 Å². The van der Waals surface area contributed by atoms with Crippen LogP contribution in [-0.2, 0) is 20.8 Å². The van der Waals surface area contributed by atoms with Crippen LogP contribution in [0.5, 0.6) is 0 Å². The molecule has 1 fully saturated rings. The number of nitrogens with zero attached hydrogens (tertiary/aromatic N) is 2. The number of anilines is 3.